The van der Waals surface area contributed by atoms with Gasteiger partial charge in [-0.25, -0.2) is 0 Å². The second-order valence-electron chi connectivity index (χ2n) is 3.42. The largest absolute Gasteiger partial charge is 0.347 e. The Balaban J connectivity index is 2.35. The molecule has 0 aliphatic carbocycles. The van der Waals surface area contributed by atoms with Gasteiger partial charge in [-0.15, -0.1) is 0 Å². The molecule has 2 aromatic rings. The number of aromatic nitrogens is 1. The number of fused-ring (bicyclic) bond motifs is 1. The van der Waals surface area contributed by atoms with Gasteiger partial charge < -0.3 is 4.57 Å². The molecule has 0 spiro atoms. The molecule has 0 saturated carbocycles. The zero-order valence-corrected chi connectivity index (χ0v) is 8.03. The van der Waals surface area contributed by atoms with Crippen LogP contribution in [-0.4, -0.2) is 4.57 Å². The van der Waals surface area contributed by atoms with Crippen molar-refractivity contribution in [3.63, 3.8) is 0 Å². The van der Waals surface area contributed by atoms with Crippen LogP contribution in [-0.2, 0) is 6.54 Å². The maximum absolute atomic E-state index is 2.33. The lowest BCUT2D eigenvalue weighted by molar-refractivity contribution is 0.650. The van der Waals surface area contributed by atoms with Crippen molar-refractivity contribution in [3.8, 4) is 0 Å². The van der Waals surface area contributed by atoms with Gasteiger partial charge in [0, 0.05) is 18.3 Å². The molecule has 0 saturated heterocycles. The van der Waals surface area contributed by atoms with E-state index in [4.69, 9.17) is 0 Å². The van der Waals surface area contributed by atoms with Crippen LogP contribution in [0, 0.1) is 0 Å². The van der Waals surface area contributed by atoms with E-state index >= 15 is 0 Å². The number of para-hydroxylation sites is 1. The van der Waals surface area contributed by atoms with Crippen LogP contribution in [0.2, 0.25) is 0 Å². The molecule has 2 rings (SSSR count). The lowest BCUT2D eigenvalue weighted by atomic mass is 10.2. The third-order valence-corrected chi connectivity index (χ3v) is 2.43. The van der Waals surface area contributed by atoms with E-state index in [1.807, 2.05) is 0 Å². The molecule has 0 atom stereocenters. The van der Waals surface area contributed by atoms with Crippen LogP contribution in [0.3, 0.4) is 0 Å². The summed E-state index contributed by atoms with van der Waals surface area (Å²) in [5, 5.41) is 1.35. The number of hydrogen-bond donors (Lipinski definition) is 0. The number of benzene rings is 1. The van der Waals surface area contributed by atoms with Crippen molar-refractivity contribution in [2.75, 3.05) is 0 Å². The fraction of sp³-hybridized carbons (Fsp3) is 0.333. The van der Waals surface area contributed by atoms with Crippen LogP contribution in [0.1, 0.15) is 19.8 Å². The summed E-state index contributed by atoms with van der Waals surface area (Å²) in [4.78, 5) is 0. The Morgan fingerprint density at radius 2 is 2.00 bits per heavy atom. The molecule has 13 heavy (non-hydrogen) atoms. The fourth-order valence-electron chi connectivity index (χ4n) is 1.66. The van der Waals surface area contributed by atoms with Crippen molar-refractivity contribution in [2.24, 2.45) is 0 Å². The quantitative estimate of drug-likeness (QED) is 0.670. The predicted octanol–water partition coefficient (Wildman–Crippen LogP) is 3.44. The minimum Gasteiger partial charge on any atom is -0.347 e. The molecule has 0 aliphatic rings. The molecule has 1 nitrogen and oxygen atoms in total. The van der Waals surface area contributed by atoms with Crippen molar-refractivity contribution in [2.45, 2.75) is 26.3 Å². The minimum atomic E-state index is 1.14. The zero-order valence-electron chi connectivity index (χ0n) is 8.03. The van der Waals surface area contributed by atoms with Gasteiger partial charge in [-0.1, -0.05) is 31.5 Å². The zero-order chi connectivity index (χ0) is 9.10. The minimum absolute atomic E-state index is 1.14. The number of hydrogen-bond acceptors (Lipinski definition) is 0. The summed E-state index contributed by atoms with van der Waals surface area (Å²) in [7, 11) is 0. The van der Waals surface area contributed by atoms with E-state index in [1.165, 1.54) is 23.7 Å². The van der Waals surface area contributed by atoms with Crippen molar-refractivity contribution < 1.29 is 0 Å². The Labute approximate surface area is 79.0 Å². The Morgan fingerprint density at radius 1 is 1.15 bits per heavy atom. The van der Waals surface area contributed by atoms with Gasteiger partial charge in [0.05, 0.1) is 0 Å². The van der Waals surface area contributed by atoms with Crippen molar-refractivity contribution in [1.82, 2.24) is 4.57 Å². The normalized spacial score (nSPS) is 10.8. The van der Waals surface area contributed by atoms with Gasteiger partial charge in [0.2, 0.25) is 0 Å². The van der Waals surface area contributed by atoms with Crippen molar-refractivity contribution >= 4 is 10.9 Å². The molecule has 1 aromatic carbocycles. The first-order valence-electron chi connectivity index (χ1n) is 4.95. The van der Waals surface area contributed by atoms with Crippen molar-refractivity contribution in [1.29, 1.82) is 0 Å². The highest BCUT2D eigenvalue weighted by atomic mass is 14.9. The summed E-state index contributed by atoms with van der Waals surface area (Å²) < 4.78 is 2.33. The molecule has 0 unspecified atom stereocenters. The molecule has 1 heterocycles. The molecule has 0 amide bonds. The number of rotatable bonds is 3. The van der Waals surface area contributed by atoms with Gasteiger partial charge in [-0.2, -0.15) is 0 Å². The average molecular weight is 173 g/mol. The summed E-state index contributed by atoms with van der Waals surface area (Å²) >= 11 is 0. The monoisotopic (exact) mass is 173 g/mol. The summed E-state index contributed by atoms with van der Waals surface area (Å²) in [5.41, 5.74) is 1.36. The van der Waals surface area contributed by atoms with Crippen LogP contribution in [0.5, 0.6) is 0 Å². The second-order valence-corrected chi connectivity index (χ2v) is 3.42. The van der Waals surface area contributed by atoms with Crippen LogP contribution in [0.25, 0.3) is 10.9 Å². The van der Waals surface area contributed by atoms with Crippen LogP contribution >= 0.6 is 0 Å². The van der Waals surface area contributed by atoms with Crippen molar-refractivity contribution in [3.05, 3.63) is 36.5 Å². The smallest absolute Gasteiger partial charge is 0.0480 e. The van der Waals surface area contributed by atoms with Gasteiger partial charge in [-0.3, -0.25) is 0 Å². The first-order valence-corrected chi connectivity index (χ1v) is 4.95. The Bertz CT molecular complexity index is 387. The number of aryl methyl sites for hydroxylation is 1. The first kappa shape index (κ1) is 8.36. The van der Waals surface area contributed by atoms with E-state index in [-0.39, 0.29) is 0 Å². The maximum Gasteiger partial charge on any atom is 0.0480 e. The third-order valence-electron chi connectivity index (χ3n) is 2.43. The number of unbranched alkanes of at least 4 members (excludes halogenated alkanes) is 1. The standard InChI is InChI=1S/C12H15N/c1-2-3-9-13-10-8-11-6-4-5-7-12(11)13/h4-8,10H,2-3,9H2,1H3. The topological polar surface area (TPSA) is 4.93 Å². The highest BCUT2D eigenvalue weighted by Gasteiger charge is 1.97. The number of nitrogens with zero attached hydrogens (tertiary/aromatic N) is 1. The van der Waals surface area contributed by atoms with E-state index in [9.17, 15) is 0 Å². The molecule has 68 valence electrons. The fourth-order valence-corrected chi connectivity index (χ4v) is 1.66. The van der Waals surface area contributed by atoms with Gasteiger partial charge in [0.25, 0.3) is 0 Å². The molecule has 0 bridgehead atoms. The molecular weight excluding hydrogens is 158 g/mol. The van der Waals surface area contributed by atoms with Crippen LogP contribution in [0.15, 0.2) is 36.5 Å². The van der Waals surface area contributed by atoms with Gasteiger partial charge in [0.15, 0.2) is 0 Å². The Hall–Kier alpha value is -1.24. The Morgan fingerprint density at radius 3 is 2.85 bits per heavy atom. The van der Waals surface area contributed by atoms with E-state index in [2.05, 4.69) is 48.0 Å². The molecule has 1 heteroatoms. The molecule has 1 aromatic heterocycles. The summed E-state index contributed by atoms with van der Waals surface area (Å²) in [5.74, 6) is 0. The highest BCUT2D eigenvalue weighted by molar-refractivity contribution is 5.79. The SMILES string of the molecule is CCCCn1ccc2ccccc21. The second kappa shape index (κ2) is 3.65. The molecule has 0 N–H and O–H groups in total. The third kappa shape index (κ3) is 1.59. The maximum atomic E-state index is 2.33. The van der Waals surface area contributed by atoms with Gasteiger partial charge >= 0.3 is 0 Å². The highest BCUT2D eigenvalue weighted by Crippen LogP contribution is 2.15. The molecule has 0 fully saturated rings. The summed E-state index contributed by atoms with van der Waals surface area (Å²) in [6.45, 7) is 3.37. The summed E-state index contributed by atoms with van der Waals surface area (Å²) in [6.07, 6.45) is 4.70. The van der Waals surface area contributed by atoms with E-state index in [0.29, 0.717) is 0 Å². The Kier molecular flexibility index (Phi) is 2.35. The lowest BCUT2D eigenvalue weighted by Crippen LogP contribution is -1.94. The van der Waals surface area contributed by atoms with E-state index < -0.39 is 0 Å². The average Bonchev–Trinajstić information content (AvgIpc) is 2.58. The molecule has 0 aliphatic heterocycles. The predicted molar refractivity (Wildman–Crippen MR) is 56.8 cm³/mol. The molecule has 0 radical (unpaired) electrons. The summed E-state index contributed by atoms with van der Waals surface area (Å²) in [6, 6.07) is 10.7. The molecular formula is C12H15N. The van der Waals surface area contributed by atoms with E-state index in [0.717, 1.165) is 6.54 Å². The van der Waals surface area contributed by atoms with Gasteiger partial charge in [-0.05, 0) is 23.9 Å². The van der Waals surface area contributed by atoms with Gasteiger partial charge in [0.1, 0.15) is 0 Å². The lowest BCUT2D eigenvalue weighted by Gasteiger charge is -2.02. The first-order chi connectivity index (χ1) is 6.42. The van der Waals surface area contributed by atoms with E-state index in [1.54, 1.807) is 0 Å². The van der Waals surface area contributed by atoms with Crippen LogP contribution in [0.4, 0.5) is 0 Å². The van der Waals surface area contributed by atoms with Crippen LogP contribution < -0.4 is 0 Å².